The highest BCUT2D eigenvalue weighted by molar-refractivity contribution is 6.30. The summed E-state index contributed by atoms with van der Waals surface area (Å²) >= 11 is 5.86. The maximum absolute atomic E-state index is 13.0. The Morgan fingerprint density at radius 3 is 2.33 bits per heavy atom. The number of hydrogen-bond donors (Lipinski definition) is 2. The van der Waals surface area contributed by atoms with Gasteiger partial charge in [0.15, 0.2) is 5.78 Å². The number of benzene rings is 2. The summed E-state index contributed by atoms with van der Waals surface area (Å²) in [5.74, 6) is -1.07. The first-order valence-electron chi connectivity index (χ1n) is 7.96. The van der Waals surface area contributed by atoms with Gasteiger partial charge in [-0.3, -0.25) is 4.79 Å². The number of rotatable bonds is 5. The molecule has 1 aliphatic heterocycles. The van der Waals surface area contributed by atoms with Gasteiger partial charge in [-0.25, -0.2) is 4.79 Å². The van der Waals surface area contributed by atoms with Crippen molar-refractivity contribution in [1.29, 1.82) is 0 Å². The topological polar surface area (TPSA) is 67.4 Å². The number of amides is 2. The van der Waals surface area contributed by atoms with Crippen LogP contribution in [0.5, 0.6) is 5.75 Å². The van der Waals surface area contributed by atoms with E-state index in [1.54, 1.807) is 24.3 Å². The summed E-state index contributed by atoms with van der Waals surface area (Å²) < 4.78 is 28.9. The van der Waals surface area contributed by atoms with E-state index in [1.807, 2.05) is 0 Å². The molecule has 8 heteroatoms. The van der Waals surface area contributed by atoms with Gasteiger partial charge in [-0.15, -0.1) is 0 Å². The molecule has 1 heterocycles. The fraction of sp³-hybridized carbons (Fsp3) is 0.158. The van der Waals surface area contributed by atoms with E-state index in [0.717, 1.165) is 0 Å². The summed E-state index contributed by atoms with van der Waals surface area (Å²) in [6, 6.07) is 10.9. The van der Waals surface area contributed by atoms with Gasteiger partial charge in [0, 0.05) is 16.3 Å². The van der Waals surface area contributed by atoms with Crippen LogP contribution in [-0.4, -0.2) is 18.4 Å². The molecule has 2 aromatic carbocycles. The first-order chi connectivity index (χ1) is 12.8. The molecule has 0 bridgehead atoms. The second kappa shape index (κ2) is 7.75. The molecule has 0 spiro atoms. The Hall–Kier alpha value is -2.93. The lowest BCUT2D eigenvalue weighted by Crippen LogP contribution is -2.50. The molecule has 2 N–H and O–H groups in total. The lowest BCUT2D eigenvalue weighted by Gasteiger charge is -2.34. The van der Waals surface area contributed by atoms with Gasteiger partial charge in [0.05, 0.1) is 12.0 Å². The second-order valence-corrected chi connectivity index (χ2v) is 6.33. The maximum atomic E-state index is 13.0. The molecule has 0 radical (unpaired) electrons. The van der Waals surface area contributed by atoms with E-state index in [2.05, 4.69) is 21.9 Å². The molecule has 27 heavy (non-hydrogen) atoms. The third-order valence-corrected chi connectivity index (χ3v) is 4.40. The number of alkyl halides is 2. The number of ether oxygens (including phenoxy) is 1. The summed E-state index contributed by atoms with van der Waals surface area (Å²) in [5.41, 5.74) is 1.21. The number of hydrogen-bond acceptors (Lipinski definition) is 3. The summed E-state index contributed by atoms with van der Waals surface area (Å²) in [5, 5.41) is 5.69. The fourth-order valence-electron chi connectivity index (χ4n) is 2.92. The van der Waals surface area contributed by atoms with Crippen LogP contribution in [0.15, 0.2) is 60.8 Å². The van der Waals surface area contributed by atoms with Crippen LogP contribution in [0.1, 0.15) is 22.0 Å². The molecule has 0 aromatic heterocycles. The van der Waals surface area contributed by atoms with Gasteiger partial charge in [-0.2, -0.15) is 8.78 Å². The molecule has 0 saturated carbocycles. The normalized spacial score (nSPS) is 19.4. The van der Waals surface area contributed by atoms with Gasteiger partial charge in [0.1, 0.15) is 5.75 Å². The lowest BCUT2D eigenvalue weighted by molar-refractivity contribution is -0.0498. The Bertz CT molecular complexity index is 870. The predicted molar refractivity (Wildman–Crippen MR) is 95.9 cm³/mol. The molecule has 1 saturated heterocycles. The molecule has 1 aliphatic rings. The quantitative estimate of drug-likeness (QED) is 0.745. The number of ketones is 1. The lowest BCUT2D eigenvalue weighted by atomic mass is 9.83. The van der Waals surface area contributed by atoms with Gasteiger partial charge in [-0.1, -0.05) is 30.3 Å². The average molecular weight is 393 g/mol. The van der Waals surface area contributed by atoms with Crippen LogP contribution < -0.4 is 15.4 Å². The van der Waals surface area contributed by atoms with Crippen LogP contribution in [0.25, 0.3) is 0 Å². The van der Waals surface area contributed by atoms with Crippen LogP contribution in [0.4, 0.5) is 13.6 Å². The van der Waals surface area contributed by atoms with E-state index in [1.165, 1.54) is 24.3 Å². The zero-order valence-corrected chi connectivity index (χ0v) is 14.7. The zero-order chi connectivity index (χ0) is 19.6. The van der Waals surface area contributed by atoms with Crippen molar-refractivity contribution in [3.8, 4) is 5.75 Å². The van der Waals surface area contributed by atoms with Crippen molar-refractivity contribution < 1.29 is 23.1 Å². The third-order valence-electron chi connectivity index (χ3n) is 4.15. The van der Waals surface area contributed by atoms with Gasteiger partial charge < -0.3 is 15.4 Å². The van der Waals surface area contributed by atoms with E-state index in [-0.39, 0.29) is 17.2 Å². The van der Waals surface area contributed by atoms with Crippen LogP contribution in [0.2, 0.25) is 5.02 Å². The summed E-state index contributed by atoms with van der Waals surface area (Å²) in [4.78, 5) is 24.9. The number of nitrogens with one attached hydrogen (secondary N) is 2. The maximum Gasteiger partial charge on any atom is 0.387 e. The van der Waals surface area contributed by atoms with Crippen molar-refractivity contribution in [2.24, 2.45) is 5.92 Å². The minimum atomic E-state index is -2.94. The third kappa shape index (κ3) is 4.25. The van der Waals surface area contributed by atoms with Gasteiger partial charge in [0.2, 0.25) is 0 Å². The fourth-order valence-corrected chi connectivity index (χ4v) is 3.05. The zero-order valence-electron chi connectivity index (χ0n) is 13.9. The predicted octanol–water partition coefficient (Wildman–Crippen LogP) is 4.31. The molecule has 2 aromatic rings. The first-order valence-corrected chi connectivity index (χ1v) is 8.34. The highest BCUT2D eigenvalue weighted by atomic mass is 35.5. The highest BCUT2D eigenvalue weighted by Crippen LogP contribution is 2.33. The van der Waals surface area contributed by atoms with Gasteiger partial charge >= 0.3 is 12.6 Å². The minimum Gasteiger partial charge on any atom is -0.435 e. The largest absolute Gasteiger partial charge is 0.435 e. The van der Waals surface area contributed by atoms with Gasteiger partial charge in [0.25, 0.3) is 0 Å². The molecular weight excluding hydrogens is 378 g/mol. The highest BCUT2D eigenvalue weighted by Gasteiger charge is 2.38. The van der Waals surface area contributed by atoms with Gasteiger partial charge in [-0.05, 0) is 42.0 Å². The molecule has 1 fully saturated rings. The molecular formula is C19H15ClF2N2O3. The molecule has 0 unspecified atom stereocenters. The summed E-state index contributed by atoms with van der Waals surface area (Å²) in [7, 11) is 0. The molecule has 140 valence electrons. The first kappa shape index (κ1) is 18.8. The van der Waals surface area contributed by atoms with E-state index in [9.17, 15) is 18.4 Å². The SMILES string of the molecule is C=C1NC(=O)N[C@H](c2ccc(OC(F)F)cc2)[C@@H]1C(=O)c1ccc(Cl)cc1. The van der Waals surface area contributed by atoms with E-state index in [0.29, 0.717) is 16.1 Å². The van der Waals surface area contributed by atoms with Crippen molar-refractivity contribution in [1.82, 2.24) is 10.6 Å². The van der Waals surface area contributed by atoms with E-state index < -0.39 is 24.6 Å². The molecule has 0 aliphatic carbocycles. The standard InChI is InChI=1S/C19H15ClF2N2O3/c1-10-15(17(25)12-2-6-13(20)7-3-12)16(24-19(26)23-10)11-4-8-14(9-5-11)27-18(21)22/h2-9,15-16,18H,1H2,(H2,23,24,26)/t15-,16-/m1/s1. The van der Waals surface area contributed by atoms with Crippen LogP contribution in [0, 0.1) is 5.92 Å². The molecule has 2 amide bonds. The average Bonchev–Trinajstić information content (AvgIpc) is 2.61. The Labute approximate surface area is 159 Å². The summed E-state index contributed by atoms with van der Waals surface area (Å²) in [6.07, 6.45) is 0. The van der Waals surface area contributed by atoms with Crippen LogP contribution in [-0.2, 0) is 0 Å². The molecule has 5 nitrogen and oxygen atoms in total. The second-order valence-electron chi connectivity index (χ2n) is 5.90. The van der Waals surface area contributed by atoms with E-state index >= 15 is 0 Å². The smallest absolute Gasteiger partial charge is 0.387 e. The summed E-state index contributed by atoms with van der Waals surface area (Å²) in [6.45, 7) is 0.863. The van der Waals surface area contributed by atoms with Crippen molar-refractivity contribution in [3.63, 3.8) is 0 Å². The van der Waals surface area contributed by atoms with Crippen LogP contribution in [0.3, 0.4) is 0 Å². The Morgan fingerprint density at radius 2 is 1.74 bits per heavy atom. The molecule has 2 atom stereocenters. The Balaban J connectivity index is 1.92. The Kier molecular flexibility index (Phi) is 5.41. The number of carbonyl (C=O) groups excluding carboxylic acids is 2. The van der Waals surface area contributed by atoms with Crippen LogP contribution >= 0.6 is 11.6 Å². The van der Waals surface area contributed by atoms with Crippen molar-refractivity contribution in [2.75, 3.05) is 0 Å². The number of halogens is 3. The number of Topliss-reactive ketones (excluding diaryl/α,β-unsaturated/α-hetero) is 1. The monoisotopic (exact) mass is 392 g/mol. The van der Waals surface area contributed by atoms with Crippen molar-refractivity contribution in [2.45, 2.75) is 12.7 Å². The minimum absolute atomic E-state index is 0.0200. The number of carbonyl (C=O) groups is 2. The van der Waals surface area contributed by atoms with E-state index in [4.69, 9.17) is 11.6 Å². The van der Waals surface area contributed by atoms with Crippen molar-refractivity contribution in [3.05, 3.63) is 77.0 Å². The van der Waals surface area contributed by atoms with Crippen molar-refractivity contribution >= 4 is 23.4 Å². The number of urea groups is 1. The molecule has 3 rings (SSSR count). The Morgan fingerprint density at radius 1 is 1.11 bits per heavy atom.